The van der Waals surface area contributed by atoms with Crippen LogP contribution < -0.4 is 26.6 Å². The van der Waals surface area contributed by atoms with Crippen LogP contribution in [0.3, 0.4) is 0 Å². The first-order valence-corrected chi connectivity index (χ1v) is 30.8. The van der Waals surface area contributed by atoms with Gasteiger partial charge in [0, 0.05) is 64.9 Å². The molecule has 0 spiro atoms. The third kappa shape index (κ3) is 14.4. The molecule has 7 aromatic heterocycles. The molecule has 23 nitrogen and oxygen atoms in total. The number of rotatable bonds is 13. The summed E-state index contributed by atoms with van der Waals surface area (Å²) in [4.78, 5) is 129. The van der Waals surface area contributed by atoms with E-state index in [1.807, 2.05) is 13.8 Å². The average molecular weight is 1240 g/mol. The number of aryl methyl sites for hydroxylation is 1. The molecule has 0 saturated heterocycles. The maximum atomic E-state index is 14.3. The molecule has 8 aromatic rings. The maximum Gasteiger partial charge on any atom is 0.412 e. The molecule has 0 fully saturated rings. The Balaban J connectivity index is 1.10. The zero-order valence-electron chi connectivity index (χ0n) is 45.3. The fourth-order valence-corrected chi connectivity index (χ4v) is 14.1. The van der Waals surface area contributed by atoms with Crippen molar-refractivity contribution in [3.8, 4) is 43.4 Å². The highest BCUT2D eigenvalue weighted by molar-refractivity contribution is 7.15. The van der Waals surface area contributed by atoms with Gasteiger partial charge in [0.15, 0.2) is 5.78 Å². The van der Waals surface area contributed by atoms with E-state index in [0.29, 0.717) is 73.7 Å². The molecule has 1 aromatic carbocycles. The Morgan fingerprint density at radius 1 is 0.747 bits per heavy atom. The number of ether oxygens (including phenoxy) is 3. The predicted molar refractivity (Wildman–Crippen MR) is 315 cm³/mol. The lowest BCUT2D eigenvalue weighted by Crippen LogP contribution is -2.40. The Bertz CT molecular complexity index is 3680. The largest absolute Gasteiger partial charge is 0.469 e. The van der Waals surface area contributed by atoms with Gasteiger partial charge in [0.25, 0.3) is 11.8 Å². The zero-order valence-corrected chi connectivity index (χ0v) is 50.2. The van der Waals surface area contributed by atoms with Crippen molar-refractivity contribution in [3.05, 3.63) is 111 Å². The number of ketones is 1. The van der Waals surface area contributed by atoms with Gasteiger partial charge in [-0.25, -0.2) is 39.7 Å². The normalized spacial score (nSPS) is 16.3. The van der Waals surface area contributed by atoms with Crippen molar-refractivity contribution in [3.63, 3.8) is 0 Å². The standard InChI is InChI=1S/C54H54N12O11S6/c1-25(2)29-17-35(67)41-26(3)82-52(65-41)31(18-38(68)55-4)58-46(72)33-22-78-48(60-33)28-14-15-30(50-62-37(24-81-50)63-54(74)77-16-10-13-40(70)76-6)57-42(28)32-21-79-51(59-32)34-23-80-53(61-34)44(45(71)27-11-8-7-9-12-27)64-39(69)19-56-47(73)43-36(20-75-5)83-49(29)66-43/h7-9,11-12,14-15,21-25,29,31,44-45,71H,10,13,16-20H2,1-6H3,(H,55,68)(H,56,73)(H,58,72)(H,63,74)(H,64,69)/t29-,31-,44-,45-/m0/s1. The van der Waals surface area contributed by atoms with Crippen LogP contribution in [-0.4, -0.2) is 116 Å². The number of aromatic nitrogens is 7. The fraction of sp³-hybridized carbons (Fsp3) is 0.333. The number of nitrogens with one attached hydrogen (secondary N) is 5. The highest BCUT2D eigenvalue weighted by Gasteiger charge is 2.33. The molecule has 10 bridgehead atoms. The second-order valence-corrected chi connectivity index (χ2v) is 24.7. The number of hydrogen-bond acceptors (Lipinski definition) is 24. The third-order valence-corrected chi connectivity index (χ3v) is 18.6. The van der Waals surface area contributed by atoms with Crippen LogP contribution in [-0.2, 0) is 35.2 Å². The first kappa shape index (κ1) is 60.0. The summed E-state index contributed by atoms with van der Waals surface area (Å²) in [5.41, 5.74) is 2.80. The number of aliphatic hydroxyl groups is 1. The Morgan fingerprint density at radius 2 is 1.47 bits per heavy atom. The van der Waals surface area contributed by atoms with Gasteiger partial charge < -0.3 is 40.6 Å². The van der Waals surface area contributed by atoms with E-state index >= 15 is 0 Å². The molecule has 1 aliphatic heterocycles. The Morgan fingerprint density at radius 3 is 2.23 bits per heavy atom. The van der Waals surface area contributed by atoms with E-state index in [1.54, 1.807) is 70.9 Å². The lowest BCUT2D eigenvalue weighted by Gasteiger charge is -2.23. The minimum absolute atomic E-state index is 0.0215. The number of Topliss-reactive ketones (excluding diaryl/α,β-unsaturated/α-hetero) is 1. The number of anilines is 1. The van der Waals surface area contributed by atoms with Crippen molar-refractivity contribution in [1.29, 1.82) is 0 Å². The zero-order chi connectivity index (χ0) is 58.9. The van der Waals surface area contributed by atoms with Gasteiger partial charge in [0.2, 0.25) is 11.8 Å². The van der Waals surface area contributed by atoms with Crippen molar-refractivity contribution < 1.29 is 52.9 Å². The number of amides is 5. The monoisotopic (exact) mass is 1240 g/mol. The van der Waals surface area contributed by atoms with Crippen LogP contribution in [0, 0.1) is 12.8 Å². The molecule has 29 heteroatoms. The minimum Gasteiger partial charge on any atom is -0.469 e. The van der Waals surface area contributed by atoms with Gasteiger partial charge in [-0.15, -0.1) is 68.0 Å². The number of methoxy groups -OCH3 is 2. The topological polar surface area (TPSA) is 318 Å². The highest BCUT2D eigenvalue weighted by atomic mass is 32.1. The van der Waals surface area contributed by atoms with Crippen LogP contribution in [0.25, 0.3) is 43.4 Å². The fourth-order valence-electron chi connectivity index (χ4n) is 8.52. The van der Waals surface area contributed by atoms with Gasteiger partial charge in [-0.1, -0.05) is 44.2 Å². The van der Waals surface area contributed by atoms with Crippen molar-refractivity contribution in [2.75, 3.05) is 39.7 Å². The van der Waals surface area contributed by atoms with E-state index in [2.05, 4.69) is 36.3 Å². The van der Waals surface area contributed by atoms with Gasteiger partial charge in [-0.05, 0) is 37.0 Å². The number of esters is 1. The van der Waals surface area contributed by atoms with Gasteiger partial charge >= 0.3 is 12.1 Å². The van der Waals surface area contributed by atoms with Crippen LogP contribution in [0.1, 0.15) is 125 Å². The van der Waals surface area contributed by atoms with Gasteiger partial charge in [0.1, 0.15) is 77.2 Å². The summed E-state index contributed by atoms with van der Waals surface area (Å²) >= 11 is 7.22. The molecule has 8 heterocycles. The van der Waals surface area contributed by atoms with Gasteiger partial charge in [-0.2, -0.15) is 0 Å². The first-order valence-electron chi connectivity index (χ1n) is 25.7. The van der Waals surface area contributed by atoms with E-state index in [1.165, 1.54) is 89.3 Å². The Kier molecular flexibility index (Phi) is 19.6. The lowest BCUT2D eigenvalue weighted by molar-refractivity contribution is -0.141. The van der Waals surface area contributed by atoms with E-state index in [0.717, 1.165) is 0 Å². The van der Waals surface area contributed by atoms with Crippen LogP contribution in [0.15, 0.2) is 64.0 Å². The Hall–Kier alpha value is -7.64. The molecule has 9 rings (SSSR count). The quantitative estimate of drug-likeness (QED) is 0.0464. The smallest absolute Gasteiger partial charge is 0.412 e. The molecular weight excluding hydrogens is 1190 g/mol. The SMILES string of the molecule is CNC(=O)C[C@@H]1NC(=O)c2csc(n2)-c2ccc(-c3nc(NC(=O)OCCCC(=O)OC)cs3)nc2-c2csc(n2)-c2csc(n2)[C@H]([C@@H](O)c2ccccc2)NC(=O)CNC(=O)c2nc(sc2COC)[C@H](C(C)C)CC(=O)c2nc1sc2C. The predicted octanol–water partition coefficient (Wildman–Crippen LogP) is 8.70. The van der Waals surface area contributed by atoms with E-state index in [4.69, 9.17) is 39.4 Å². The summed E-state index contributed by atoms with van der Waals surface area (Å²) in [7, 11) is 4.24. The summed E-state index contributed by atoms with van der Waals surface area (Å²) in [5, 5.41) is 34.8. The lowest BCUT2D eigenvalue weighted by atomic mass is 9.90. The number of carbonyl (C=O) groups excluding carboxylic acids is 7. The molecule has 4 atom stereocenters. The van der Waals surface area contributed by atoms with Crippen LogP contribution in [0.5, 0.6) is 0 Å². The summed E-state index contributed by atoms with van der Waals surface area (Å²) in [6.45, 7) is 5.13. The molecule has 1 aliphatic rings. The number of pyridine rings is 1. The third-order valence-electron chi connectivity index (χ3n) is 12.8. The van der Waals surface area contributed by atoms with Crippen molar-refractivity contribution in [2.45, 2.75) is 77.2 Å². The number of carbonyl (C=O) groups is 7. The molecule has 0 radical (unpaired) electrons. The highest BCUT2D eigenvalue weighted by Crippen LogP contribution is 2.41. The second-order valence-electron chi connectivity index (χ2n) is 18.9. The number of fused-ring (bicyclic) bond motifs is 14. The summed E-state index contributed by atoms with van der Waals surface area (Å²) in [6, 6.07) is 10.2. The molecular formula is C54H54N12O11S6. The Labute approximate surface area is 498 Å². The molecule has 0 aliphatic carbocycles. The van der Waals surface area contributed by atoms with Gasteiger partial charge in [0.05, 0.1) is 54.9 Å². The van der Waals surface area contributed by atoms with Crippen LogP contribution >= 0.6 is 68.0 Å². The van der Waals surface area contributed by atoms with Gasteiger partial charge in [-0.3, -0.25) is 34.1 Å². The van der Waals surface area contributed by atoms with E-state index < -0.39 is 60.4 Å². The summed E-state index contributed by atoms with van der Waals surface area (Å²) < 4.78 is 15.3. The second kappa shape index (κ2) is 27.2. The van der Waals surface area contributed by atoms with Crippen molar-refractivity contribution in [2.24, 2.45) is 5.92 Å². The number of thiazole rings is 6. The van der Waals surface area contributed by atoms with Crippen molar-refractivity contribution >= 4 is 115 Å². The summed E-state index contributed by atoms with van der Waals surface area (Å²) in [6.07, 6.45) is -1.93. The molecule has 6 N–H and O–H groups in total. The molecule has 0 unspecified atom stereocenters. The molecule has 0 saturated carbocycles. The van der Waals surface area contributed by atoms with E-state index in [9.17, 15) is 38.7 Å². The molecule has 83 heavy (non-hydrogen) atoms. The number of nitrogens with zero attached hydrogens (tertiary/aromatic N) is 7. The molecule has 432 valence electrons. The first-order chi connectivity index (χ1) is 40.0. The minimum atomic E-state index is -1.28. The number of hydrogen-bond donors (Lipinski definition) is 6. The molecule has 5 amide bonds. The number of benzene rings is 1. The average Bonchev–Trinajstić information content (AvgIpc) is 4.32. The van der Waals surface area contributed by atoms with Crippen LogP contribution in [0.2, 0.25) is 0 Å². The van der Waals surface area contributed by atoms with Crippen LogP contribution in [0.4, 0.5) is 10.6 Å². The van der Waals surface area contributed by atoms with Crippen molar-refractivity contribution in [1.82, 2.24) is 56.2 Å². The summed E-state index contributed by atoms with van der Waals surface area (Å²) in [5.74, 6) is -3.43. The maximum absolute atomic E-state index is 14.3. The number of aliphatic hydroxyl groups excluding tert-OH is 1. The van der Waals surface area contributed by atoms with E-state index in [-0.39, 0.29) is 79.4 Å².